The number of thiophene rings is 1. The van der Waals surface area contributed by atoms with Crippen LogP contribution in [0, 0.1) is 10.1 Å². The molecule has 0 fully saturated rings. The largest absolute Gasteiger partial charge is 0.432 e. The molecule has 0 aromatic carbocycles. The topological polar surface area (TPSA) is 65.3 Å². The Labute approximate surface area is 117 Å². The van der Waals surface area contributed by atoms with Gasteiger partial charge in [-0.25, -0.2) is 4.98 Å². The van der Waals surface area contributed by atoms with Crippen molar-refractivity contribution in [2.45, 2.75) is 5.75 Å². The Morgan fingerprint density at radius 1 is 1.61 bits per heavy atom. The zero-order chi connectivity index (χ0) is 13.1. The second-order valence-electron chi connectivity index (χ2n) is 3.20. The second-order valence-corrected chi connectivity index (χ2v) is 4.96. The van der Waals surface area contributed by atoms with E-state index in [0.717, 1.165) is 4.88 Å². The lowest BCUT2D eigenvalue weighted by atomic mass is 10.4. The number of hydrogen-bond donors (Lipinski definition) is 1. The average molecular weight is 303 g/mol. The van der Waals surface area contributed by atoms with Gasteiger partial charge in [-0.2, -0.15) is 12.6 Å². The average Bonchev–Trinajstić information content (AvgIpc) is 2.78. The summed E-state index contributed by atoms with van der Waals surface area (Å²) in [5.74, 6) is 0.938. The molecule has 0 unspecified atom stereocenters. The van der Waals surface area contributed by atoms with Gasteiger partial charge in [-0.15, -0.1) is 11.3 Å². The zero-order valence-electron chi connectivity index (χ0n) is 8.87. The summed E-state index contributed by atoms with van der Waals surface area (Å²) in [6.45, 7) is 0. The summed E-state index contributed by atoms with van der Waals surface area (Å²) < 4.78 is 5.44. The molecule has 5 nitrogen and oxygen atoms in total. The molecule has 0 saturated heterocycles. The molecular weight excluding hydrogens is 296 g/mol. The van der Waals surface area contributed by atoms with E-state index < -0.39 is 4.92 Å². The van der Waals surface area contributed by atoms with Gasteiger partial charge in [0.15, 0.2) is 0 Å². The number of thiol groups is 1. The van der Waals surface area contributed by atoms with E-state index >= 15 is 0 Å². The predicted octanol–water partition coefficient (Wildman–Crippen LogP) is 3.93. The molecule has 0 spiro atoms. The fourth-order valence-electron chi connectivity index (χ4n) is 1.26. The van der Waals surface area contributed by atoms with E-state index in [-0.39, 0.29) is 16.6 Å². The van der Waals surface area contributed by atoms with Crippen LogP contribution in [-0.4, -0.2) is 9.91 Å². The molecule has 8 heteroatoms. The van der Waals surface area contributed by atoms with Gasteiger partial charge < -0.3 is 4.74 Å². The standard InChI is InChI=1S/C10H7ClN2O3S2/c11-6-3-7(13(14)15)10(12-4-6)16-8-1-2-18-9(8)5-17/h1-4,17H,5H2. The number of pyridine rings is 1. The van der Waals surface area contributed by atoms with Crippen LogP contribution in [0.4, 0.5) is 5.69 Å². The number of nitro groups is 1. The summed E-state index contributed by atoms with van der Waals surface area (Å²) in [6.07, 6.45) is 1.30. The van der Waals surface area contributed by atoms with Crippen LogP contribution in [-0.2, 0) is 5.75 Å². The zero-order valence-corrected chi connectivity index (χ0v) is 11.3. The molecule has 2 aromatic heterocycles. The fourth-order valence-corrected chi connectivity index (χ4v) is 2.45. The molecular formula is C10H7ClN2O3S2. The summed E-state index contributed by atoms with van der Waals surface area (Å²) in [5.41, 5.74) is -0.265. The number of nitrogens with zero attached hydrogens (tertiary/aromatic N) is 2. The van der Waals surface area contributed by atoms with Crippen molar-refractivity contribution < 1.29 is 9.66 Å². The molecule has 0 saturated carbocycles. The number of rotatable bonds is 4. The summed E-state index contributed by atoms with van der Waals surface area (Å²) in [6, 6.07) is 2.92. The summed E-state index contributed by atoms with van der Waals surface area (Å²) in [5, 5.41) is 12.9. The van der Waals surface area contributed by atoms with Crippen molar-refractivity contribution in [1.29, 1.82) is 0 Å². The Bertz CT molecular complexity index is 588. The number of aromatic nitrogens is 1. The van der Waals surface area contributed by atoms with Crippen molar-refractivity contribution in [3.63, 3.8) is 0 Å². The summed E-state index contributed by atoms with van der Waals surface area (Å²) >= 11 is 11.3. The molecule has 0 atom stereocenters. The number of hydrogen-bond acceptors (Lipinski definition) is 6. The molecule has 0 radical (unpaired) electrons. The Morgan fingerprint density at radius 3 is 3.06 bits per heavy atom. The van der Waals surface area contributed by atoms with Crippen LogP contribution in [0.25, 0.3) is 0 Å². The quantitative estimate of drug-likeness (QED) is 0.528. The Kier molecular flexibility index (Phi) is 4.05. The van der Waals surface area contributed by atoms with Gasteiger partial charge in [0.25, 0.3) is 5.88 Å². The monoisotopic (exact) mass is 302 g/mol. The van der Waals surface area contributed by atoms with Crippen molar-refractivity contribution in [2.75, 3.05) is 0 Å². The van der Waals surface area contributed by atoms with Crippen molar-refractivity contribution >= 4 is 41.3 Å². The molecule has 0 aliphatic carbocycles. The first-order valence-corrected chi connectivity index (χ1v) is 6.66. The molecule has 0 amide bonds. The van der Waals surface area contributed by atoms with Gasteiger partial charge in [-0.05, 0) is 11.4 Å². The van der Waals surface area contributed by atoms with E-state index in [2.05, 4.69) is 17.6 Å². The maximum Gasteiger partial charge on any atom is 0.332 e. The third-order valence-electron chi connectivity index (χ3n) is 2.05. The van der Waals surface area contributed by atoms with Gasteiger partial charge in [0.2, 0.25) is 0 Å². The van der Waals surface area contributed by atoms with Crippen molar-refractivity contribution in [1.82, 2.24) is 4.98 Å². The van der Waals surface area contributed by atoms with Gasteiger partial charge in [0.1, 0.15) is 5.75 Å². The minimum atomic E-state index is -0.582. The van der Waals surface area contributed by atoms with E-state index in [1.54, 1.807) is 6.07 Å². The highest BCUT2D eigenvalue weighted by atomic mass is 35.5. The smallest absolute Gasteiger partial charge is 0.332 e. The molecule has 2 aromatic rings. The minimum absolute atomic E-state index is 0.0779. The Hall–Kier alpha value is -1.31. The number of ether oxygens (including phenoxy) is 1. The van der Waals surface area contributed by atoms with Crippen LogP contribution in [0.5, 0.6) is 11.6 Å². The minimum Gasteiger partial charge on any atom is -0.432 e. The molecule has 0 aliphatic rings. The molecule has 18 heavy (non-hydrogen) atoms. The first kappa shape index (κ1) is 13.1. The van der Waals surface area contributed by atoms with Crippen molar-refractivity contribution in [3.05, 3.63) is 43.7 Å². The second kappa shape index (κ2) is 5.55. The van der Waals surface area contributed by atoms with Crippen LogP contribution in [0.2, 0.25) is 5.02 Å². The normalized spacial score (nSPS) is 10.3. The van der Waals surface area contributed by atoms with Crippen LogP contribution >= 0.6 is 35.6 Å². The van der Waals surface area contributed by atoms with E-state index in [9.17, 15) is 10.1 Å². The molecule has 0 bridgehead atoms. The highest BCUT2D eigenvalue weighted by Gasteiger charge is 2.19. The third-order valence-corrected chi connectivity index (χ3v) is 3.69. The lowest BCUT2D eigenvalue weighted by Gasteiger charge is -2.05. The first-order chi connectivity index (χ1) is 8.61. The van der Waals surface area contributed by atoms with Gasteiger partial charge in [0.05, 0.1) is 21.0 Å². The Morgan fingerprint density at radius 2 is 2.39 bits per heavy atom. The number of halogens is 1. The van der Waals surface area contributed by atoms with E-state index in [0.29, 0.717) is 11.5 Å². The fraction of sp³-hybridized carbons (Fsp3) is 0.100. The third kappa shape index (κ3) is 2.74. The molecule has 2 heterocycles. The molecule has 94 valence electrons. The lowest BCUT2D eigenvalue weighted by molar-refractivity contribution is -0.386. The van der Waals surface area contributed by atoms with E-state index in [4.69, 9.17) is 16.3 Å². The van der Waals surface area contributed by atoms with Crippen molar-refractivity contribution in [2.24, 2.45) is 0 Å². The maximum atomic E-state index is 10.9. The van der Waals surface area contributed by atoms with E-state index in [1.807, 2.05) is 5.38 Å². The van der Waals surface area contributed by atoms with Gasteiger partial charge in [-0.1, -0.05) is 11.6 Å². The van der Waals surface area contributed by atoms with Crippen LogP contribution in [0.1, 0.15) is 4.88 Å². The van der Waals surface area contributed by atoms with Crippen LogP contribution < -0.4 is 4.74 Å². The lowest BCUT2D eigenvalue weighted by Crippen LogP contribution is -1.96. The van der Waals surface area contributed by atoms with Gasteiger partial charge in [-0.3, -0.25) is 10.1 Å². The molecule has 2 rings (SSSR count). The van der Waals surface area contributed by atoms with Gasteiger partial charge >= 0.3 is 5.69 Å². The SMILES string of the molecule is O=[N+]([O-])c1cc(Cl)cnc1Oc1ccsc1CS. The van der Waals surface area contributed by atoms with Crippen LogP contribution in [0.15, 0.2) is 23.7 Å². The highest BCUT2D eigenvalue weighted by molar-refractivity contribution is 7.79. The van der Waals surface area contributed by atoms with E-state index in [1.165, 1.54) is 23.6 Å². The van der Waals surface area contributed by atoms with Crippen LogP contribution in [0.3, 0.4) is 0 Å². The summed E-state index contributed by atoms with van der Waals surface area (Å²) in [7, 11) is 0. The Balaban J connectivity index is 2.37. The molecule has 0 N–H and O–H groups in total. The summed E-state index contributed by atoms with van der Waals surface area (Å²) in [4.78, 5) is 15.0. The van der Waals surface area contributed by atoms with Crippen molar-refractivity contribution in [3.8, 4) is 11.6 Å². The maximum absolute atomic E-state index is 10.9. The highest BCUT2D eigenvalue weighted by Crippen LogP contribution is 2.35. The molecule has 0 aliphatic heterocycles. The predicted molar refractivity (Wildman–Crippen MR) is 73.0 cm³/mol. The first-order valence-electron chi connectivity index (χ1n) is 4.77. The van der Waals surface area contributed by atoms with Gasteiger partial charge in [0, 0.05) is 11.8 Å².